The Morgan fingerprint density at radius 1 is 1.48 bits per heavy atom. The summed E-state index contributed by atoms with van der Waals surface area (Å²) in [5.41, 5.74) is 2.86. The van der Waals surface area contributed by atoms with E-state index in [1.54, 1.807) is 24.3 Å². The molecule has 3 rings (SSSR count). The van der Waals surface area contributed by atoms with Crippen LogP contribution in [-0.4, -0.2) is 24.0 Å². The monoisotopic (exact) mass is 378 g/mol. The fourth-order valence-corrected chi connectivity index (χ4v) is 5.00. The predicted octanol–water partition coefficient (Wildman–Crippen LogP) is 5.24. The quantitative estimate of drug-likeness (QED) is 0.681. The SMILES string of the molecule is [2H]C1(C)c2c(sc(C)c2C)CCN1[C@H](C(=O)OCC)c1ccccc1Cl. The van der Waals surface area contributed by atoms with E-state index in [2.05, 4.69) is 13.8 Å². The molecule has 1 aromatic heterocycles. The van der Waals surface area contributed by atoms with Crippen LogP contribution in [0.25, 0.3) is 0 Å². The van der Waals surface area contributed by atoms with E-state index in [0.717, 1.165) is 17.5 Å². The molecule has 0 N–H and O–H groups in total. The number of hydrogen-bond acceptors (Lipinski definition) is 4. The van der Waals surface area contributed by atoms with Crippen LogP contribution in [-0.2, 0) is 16.0 Å². The van der Waals surface area contributed by atoms with Crippen molar-refractivity contribution in [3.63, 3.8) is 0 Å². The fourth-order valence-electron chi connectivity index (χ4n) is 3.54. The van der Waals surface area contributed by atoms with Gasteiger partial charge >= 0.3 is 5.97 Å². The molecule has 0 saturated carbocycles. The van der Waals surface area contributed by atoms with Crippen molar-refractivity contribution in [3.05, 3.63) is 55.7 Å². The highest BCUT2D eigenvalue weighted by Gasteiger charge is 2.38. The number of fused-ring (bicyclic) bond motifs is 1. The first-order chi connectivity index (χ1) is 12.3. The van der Waals surface area contributed by atoms with Crippen molar-refractivity contribution < 1.29 is 10.9 Å². The number of benzene rings is 1. The van der Waals surface area contributed by atoms with Crippen LogP contribution in [0.3, 0.4) is 0 Å². The normalized spacial score (nSPS) is 22.2. The summed E-state index contributed by atoms with van der Waals surface area (Å²) in [6, 6.07) is 5.61. The molecule has 2 aromatic rings. The zero-order chi connectivity index (χ0) is 19.1. The highest BCUT2D eigenvalue weighted by molar-refractivity contribution is 7.12. The third kappa shape index (κ3) is 3.35. The average molecular weight is 379 g/mol. The van der Waals surface area contributed by atoms with Gasteiger partial charge in [0, 0.05) is 27.3 Å². The van der Waals surface area contributed by atoms with E-state index >= 15 is 0 Å². The van der Waals surface area contributed by atoms with E-state index in [0.29, 0.717) is 23.7 Å². The van der Waals surface area contributed by atoms with Gasteiger partial charge in [-0.2, -0.15) is 0 Å². The number of esters is 1. The lowest BCUT2D eigenvalue weighted by atomic mass is 9.93. The lowest BCUT2D eigenvalue weighted by molar-refractivity contribution is -0.151. The second kappa shape index (κ2) is 7.48. The molecule has 1 aromatic carbocycles. The van der Waals surface area contributed by atoms with E-state index in [4.69, 9.17) is 16.3 Å². The second-order valence-electron chi connectivity index (χ2n) is 6.29. The summed E-state index contributed by atoms with van der Waals surface area (Å²) in [6.07, 6.45) is 0.823. The van der Waals surface area contributed by atoms with Gasteiger partial charge in [-0.3, -0.25) is 4.90 Å². The summed E-state index contributed by atoms with van der Waals surface area (Å²) in [5, 5.41) is 0.519. The van der Waals surface area contributed by atoms with Gasteiger partial charge in [-0.25, -0.2) is 4.79 Å². The van der Waals surface area contributed by atoms with Crippen LogP contribution in [0.1, 0.15) is 53.7 Å². The number of aryl methyl sites for hydroxylation is 1. The molecule has 0 fully saturated rings. The van der Waals surface area contributed by atoms with Crippen LogP contribution in [0, 0.1) is 13.8 Å². The number of rotatable bonds is 4. The molecule has 0 bridgehead atoms. The van der Waals surface area contributed by atoms with Crippen LogP contribution in [0.5, 0.6) is 0 Å². The Bertz CT molecular complexity index is 833. The number of halogens is 1. The number of hydrogen-bond donors (Lipinski definition) is 0. The Morgan fingerprint density at radius 3 is 2.88 bits per heavy atom. The largest absolute Gasteiger partial charge is 0.465 e. The molecule has 0 saturated heterocycles. The molecule has 1 unspecified atom stereocenters. The molecule has 0 amide bonds. The Balaban J connectivity index is 2.11. The van der Waals surface area contributed by atoms with E-state index in [1.807, 2.05) is 30.0 Å². The highest BCUT2D eigenvalue weighted by Crippen LogP contribution is 2.43. The summed E-state index contributed by atoms with van der Waals surface area (Å²) in [7, 11) is 0. The Labute approximate surface area is 160 Å². The maximum absolute atomic E-state index is 12.9. The molecule has 3 nitrogen and oxygen atoms in total. The van der Waals surface area contributed by atoms with Crippen molar-refractivity contribution >= 4 is 28.9 Å². The van der Waals surface area contributed by atoms with Crippen molar-refractivity contribution in [2.45, 2.75) is 46.2 Å². The number of ether oxygens (including phenoxy) is 1. The number of carbonyl (C=O) groups is 1. The van der Waals surface area contributed by atoms with E-state index in [-0.39, 0.29) is 5.97 Å². The summed E-state index contributed by atoms with van der Waals surface area (Å²) < 4.78 is 14.5. The highest BCUT2D eigenvalue weighted by atomic mass is 35.5. The van der Waals surface area contributed by atoms with E-state index in [1.165, 1.54) is 9.75 Å². The molecular formula is C20H24ClNO2S. The Hall–Kier alpha value is -1.36. The molecule has 0 aliphatic carbocycles. The van der Waals surface area contributed by atoms with Crippen LogP contribution >= 0.6 is 22.9 Å². The van der Waals surface area contributed by atoms with Crippen molar-refractivity contribution in [2.75, 3.05) is 13.2 Å². The molecular weight excluding hydrogens is 354 g/mol. The number of thiophene rings is 1. The average Bonchev–Trinajstić information content (AvgIpc) is 2.87. The van der Waals surface area contributed by atoms with E-state index < -0.39 is 12.1 Å². The predicted molar refractivity (Wildman–Crippen MR) is 103 cm³/mol. The maximum atomic E-state index is 12.9. The summed E-state index contributed by atoms with van der Waals surface area (Å²) in [4.78, 5) is 17.3. The molecule has 2 atom stereocenters. The molecule has 0 radical (unpaired) electrons. The lowest BCUT2D eigenvalue weighted by Gasteiger charge is -2.39. The first kappa shape index (κ1) is 17.1. The molecule has 1 aliphatic rings. The van der Waals surface area contributed by atoms with Crippen LogP contribution < -0.4 is 0 Å². The van der Waals surface area contributed by atoms with Crippen molar-refractivity contribution in [1.29, 1.82) is 0 Å². The van der Waals surface area contributed by atoms with Gasteiger partial charge < -0.3 is 4.74 Å². The smallest absolute Gasteiger partial charge is 0.328 e. The first-order valence-electron chi connectivity index (χ1n) is 9.06. The van der Waals surface area contributed by atoms with E-state index in [9.17, 15) is 6.17 Å². The first-order valence-corrected chi connectivity index (χ1v) is 9.75. The van der Waals surface area contributed by atoms with Crippen molar-refractivity contribution in [2.24, 2.45) is 0 Å². The van der Waals surface area contributed by atoms with Crippen LogP contribution in [0.15, 0.2) is 24.3 Å². The standard InChI is InChI=1S/C20H24ClNO2S/c1-5-24-20(23)19(15-8-6-7-9-16(15)21)22-11-10-17-18(13(22)3)12(2)14(4)25-17/h6-9,13,19H,5,10-11H2,1-4H3/t13?,19-/m0/s1/i13D. The Morgan fingerprint density at radius 2 is 2.20 bits per heavy atom. The van der Waals surface area contributed by atoms with Crippen molar-refractivity contribution in [3.8, 4) is 0 Å². The minimum Gasteiger partial charge on any atom is -0.465 e. The molecule has 25 heavy (non-hydrogen) atoms. The summed E-state index contributed by atoms with van der Waals surface area (Å²) >= 11 is 8.18. The minimum atomic E-state index is -1.03. The molecule has 2 heterocycles. The zero-order valence-corrected chi connectivity index (χ0v) is 16.6. The van der Waals surface area contributed by atoms with Gasteiger partial charge in [0.1, 0.15) is 6.04 Å². The second-order valence-corrected chi connectivity index (χ2v) is 8.00. The fraction of sp³-hybridized carbons (Fsp3) is 0.450. The molecule has 0 spiro atoms. The van der Waals surface area contributed by atoms with Crippen LogP contribution in [0.4, 0.5) is 0 Å². The van der Waals surface area contributed by atoms with Crippen molar-refractivity contribution in [1.82, 2.24) is 4.90 Å². The third-order valence-corrected chi connectivity index (χ3v) is 6.46. The van der Waals surface area contributed by atoms with Gasteiger partial charge in [-0.1, -0.05) is 29.8 Å². The minimum absolute atomic E-state index is 0.296. The summed E-state index contributed by atoms with van der Waals surface area (Å²) in [6.45, 7) is 8.73. The van der Waals surface area contributed by atoms with Crippen LogP contribution in [0.2, 0.25) is 5.02 Å². The lowest BCUT2D eigenvalue weighted by Crippen LogP contribution is -2.41. The van der Waals surface area contributed by atoms with Gasteiger partial charge in [0.15, 0.2) is 0 Å². The number of nitrogens with zero attached hydrogens (tertiary/aromatic N) is 1. The van der Waals surface area contributed by atoms with Gasteiger partial charge in [0.25, 0.3) is 0 Å². The van der Waals surface area contributed by atoms with Gasteiger partial charge in [-0.15, -0.1) is 11.3 Å². The summed E-state index contributed by atoms with van der Waals surface area (Å²) in [5.74, 6) is -0.355. The molecule has 134 valence electrons. The van der Waals surface area contributed by atoms with Gasteiger partial charge in [0.05, 0.1) is 7.98 Å². The number of carbonyl (C=O) groups excluding carboxylic acids is 1. The maximum Gasteiger partial charge on any atom is 0.328 e. The zero-order valence-electron chi connectivity index (χ0n) is 16.1. The third-order valence-electron chi connectivity index (χ3n) is 4.85. The molecule has 1 aliphatic heterocycles. The molecule has 5 heteroatoms. The van der Waals surface area contributed by atoms with Gasteiger partial charge in [0.2, 0.25) is 0 Å². The van der Waals surface area contributed by atoms with Gasteiger partial charge in [-0.05, 0) is 56.9 Å². The topological polar surface area (TPSA) is 29.5 Å². The Kier molecular flexibility index (Phi) is 5.11.